The summed E-state index contributed by atoms with van der Waals surface area (Å²) in [4.78, 5) is 27.2. The minimum absolute atomic E-state index is 0.0975. The summed E-state index contributed by atoms with van der Waals surface area (Å²) in [6.07, 6.45) is 2.45. The molecule has 2 heterocycles. The number of carbonyl (C=O) groups is 2. The highest BCUT2D eigenvalue weighted by atomic mass is 32.2. The number of likely N-dealkylation sites (tertiary alicyclic amines) is 1. The minimum atomic E-state index is -4.07. The van der Waals surface area contributed by atoms with Crippen molar-refractivity contribution in [1.82, 2.24) is 14.9 Å². The van der Waals surface area contributed by atoms with Crippen LogP contribution in [0.1, 0.15) is 45.1 Å². The Morgan fingerprint density at radius 3 is 2.69 bits per heavy atom. The van der Waals surface area contributed by atoms with E-state index in [0.717, 1.165) is 12.0 Å². The molecule has 0 aromatic heterocycles. The fourth-order valence-electron chi connectivity index (χ4n) is 4.78. The molecule has 11 nitrogen and oxygen atoms in total. The molecule has 12 heteroatoms. The number of hydrogen-bond donors (Lipinski definition) is 6. The average Bonchev–Trinajstić information content (AvgIpc) is 2.79. The molecule has 2 aliphatic heterocycles. The monoisotopic (exact) mass is 507 g/mol. The summed E-state index contributed by atoms with van der Waals surface area (Å²) in [6, 6.07) is 3.26. The normalized spacial score (nSPS) is 23.0. The Balaban J connectivity index is 1.87. The fraction of sp³-hybridized carbons (Fsp3) is 0.609. The topological polar surface area (TPSA) is 184 Å². The van der Waals surface area contributed by atoms with Crippen LogP contribution in [0.15, 0.2) is 23.1 Å². The number of piperidine rings is 1. The number of anilines is 1. The van der Waals surface area contributed by atoms with Gasteiger partial charge in [-0.05, 0) is 55.6 Å². The summed E-state index contributed by atoms with van der Waals surface area (Å²) in [5.41, 5.74) is 12.4. The van der Waals surface area contributed by atoms with Crippen molar-refractivity contribution in [2.45, 2.75) is 62.9 Å². The molecule has 2 aliphatic rings. The van der Waals surface area contributed by atoms with Gasteiger partial charge in [-0.2, -0.15) is 4.72 Å². The third-order valence-corrected chi connectivity index (χ3v) is 8.17. The van der Waals surface area contributed by atoms with Crippen molar-refractivity contribution in [3.63, 3.8) is 0 Å². The molecule has 0 radical (unpaired) electrons. The molecule has 3 rings (SSSR count). The van der Waals surface area contributed by atoms with Gasteiger partial charge in [-0.25, -0.2) is 8.42 Å². The number of benzene rings is 1. The quantitative estimate of drug-likeness (QED) is 0.158. The van der Waals surface area contributed by atoms with Crippen LogP contribution in [0.25, 0.3) is 0 Å². The third kappa shape index (κ3) is 6.63. The van der Waals surface area contributed by atoms with E-state index in [9.17, 15) is 18.0 Å². The minimum Gasteiger partial charge on any atom is -0.383 e. The van der Waals surface area contributed by atoms with Gasteiger partial charge in [-0.3, -0.25) is 15.0 Å². The van der Waals surface area contributed by atoms with Gasteiger partial charge in [0.05, 0.1) is 5.69 Å². The standard InChI is InChI=1S/C23H37N7O4S/c1-14-8-10-30(18(12-14)21(24)31)22(32)17(6-4-9-27-23(25)26)29-35(33,34)19-7-3-5-16-11-15(2)13-28-20(16)19/h3,5,7,14-15,17-18,28-29H,4,6,8-13H2,1-2H3,(H2,24,31)(H4,25,26,27)/t14-,15+,17+,18-/m1/s1. The van der Waals surface area contributed by atoms with Gasteiger partial charge in [0.15, 0.2) is 5.96 Å². The Morgan fingerprint density at radius 1 is 1.26 bits per heavy atom. The maximum absolute atomic E-state index is 13.6. The van der Waals surface area contributed by atoms with Gasteiger partial charge in [0, 0.05) is 19.6 Å². The van der Waals surface area contributed by atoms with Crippen molar-refractivity contribution in [3.05, 3.63) is 23.8 Å². The maximum atomic E-state index is 13.6. The van der Waals surface area contributed by atoms with Crippen molar-refractivity contribution in [1.29, 1.82) is 5.41 Å². The first-order valence-corrected chi connectivity index (χ1v) is 13.5. The highest BCUT2D eigenvalue weighted by Crippen LogP contribution is 2.31. The Hall–Kier alpha value is -2.86. The van der Waals surface area contributed by atoms with E-state index in [1.807, 2.05) is 13.0 Å². The Morgan fingerprint density at radius 2 is 2.00 bits per heavy atom. The van der Waals surface area contributed by atoms with Crippen LogP contribution in [-0.4, -0.2) is 62.8 Å². The zero-order chi connectivity index (χ0) is 25.8. The predicted octanol–water partition coefficient (Wildman–Crippen LogP) is 0.313. The number of hydrogen-bond acceptors (Lipinski definition) is 6. The van der Waals surface area contributed by atoms with Crippen molar-refractivity contribution in [2.75, 3.05) is 25.0 Å². The number of rotatable bonds is 9. The molecule has 4 atom stereocenters. The number of guanidine groups is 1. The molecule has 1 aromatic carbocycles. The summed E-state index contributed by atoms with van der Waals surface area (Å²) < 4.78 is 29.6. The molecule has 0 unspecified atom stereocenters. The largest absolute Gasteiger partial charge is 0.383 e. The average molecular weight is 508 g/mol. The van der Waals surface area contributed by atoms with E-state index in [2.05, 4.69) is 22.3 Å². The lowest BCUT2D eigenvalue weighted by Crippen LogP contribution is -2.57. The molecule has 35 heavy (non-hydrogen) atoms. The van der Waals surface area contributed by atoms with Crippen LogP contribution in [0, 0.1) is 17.2 Å². The van der Waals surface area contributed by atoms with Gasteiger partial charge in [-0.1, -0.05) is 26.0 Å². The van der Waals surface area contributed by atoms with Gasteiger partial charge in [-0.15, -0.1) is 0 Å². The van der Waals surface area contributed by atoms with E-state index in [0.29, 0.717) is 50.5 Å². The van der Waals surface area contributed by atoms with E-state index in [1.165, 1.54) is 11.0 Å². The van der Waals surface area contributed by atoms with E-state index < -0.39 is 33.9 Å². The molecular weight excluding hydrogens is 470 g/mol. The van der Waals surface area contributed by atoms with E-state index in [-0.39, 0.29) is 23.2 Å². The van der Waals surface area contributed by atoms with Crippen LogP contribution in [0.2, 0.25) is 0 Å². The Kier molecular flexibility index (Phi) is 8.60. The van der Waals surface area contributed by atoms with Crippen molar-refractivity contribution in [2.24, 2.45) is 23.3 Å². The number of para-hydroxylation sites is 1. The summed E-state index contributed by atoms with van der Waals surface area (Å²) in [5, 5.41) is 13.2. The van der Waals surface area contributed by atoms with Crippen LogP contribution in [0.4, 0.5) is 5.69 Å². The van der Waals surface area contributed by atoms with Gasteiger partial charge in [0.1, 0.15) is 17.0 Å². The predicted molar refractivity (Wildman–Crippen MR) is 134 cm³/mol. The summed E-state index contributed by atoms with van der Waals surface area (Å²) in [6.45, 7) is 5.38. The highest BCUT2D eigenvalue weighted by molar-refractivity contribution is 7.89. The number of amides is 2. The smallest absolute Gasteiger partial charge is 0.243 e. The second-order valence-corrected chi connectivity index (χ2v) is 11.4. The first-order valence-electron chi connectivity index (χ1n) is 12.1. The first-order chi connectivity index (χ1) is 16.5. The lowest BCUT2D eigenvalue weighted by molar-refractivity contribution is -0.143. The molecule has 0 spiro atoms. The van der Waals surface area contributed by atoms with E-state index in [1.54, 1.807) is 6.07 Å². The summed E-state index contributed by atoms with van der Waals surface area (Å²) >= 11 is 0. The summed E-state index contributed by atoms with van der Waals surface area (Å²) in [7, 11) is -4.07. The van der Waals surface area contributed by atoms with Crippen LogP contribution in [-0.2, 0) is 26.0 Å². The van der Waals surface area contributed by atoms with Crippen LogP contribution in [0.5, 0.6) is 0 Å². The number of primary amides is 1. The zero-order valence-corrected chi connectivity index (χ0v) is 21.2. The number of fused-ring (bicyclic) bond motifs is 1. The summed E-state index contributed by atoms with van der Waals surface area (Å²) in [5.74, 6) is -0.665. The second kappa shape index (κ2) is 11.3. The molecule has 2 amide bonds. The fourth-order valence-corrected chi connectivity index (χ4v) is 6.23. The van der Waals surface area contributed by atoms with Gasteiger partial charge < -0.3 is 27.0 Å². The van der Waals surface area contributed by atoms with E-state index >= 15 is 0 Å². The van der Waals surface area contributed by atoms with Gasteiger partial charge in [0.2, 0.25) is 21.8 Å². The van der Waals surface area contributed by atoms with E-state index in [4.69, 9.17) is 16.9 Å². The third-order valence-electron chi connectivity index (χ3n) is 6.65. The van der Waals surface area contributed by atoms with Crippen molar-refractivity contribution < 1.29 is 18.0 Å². The zero-order valence-electron chi connectivity index (χ0n) is 20.3. The van der Waals surface area contributed by atoms with Crippen LogP contribution in [0.3, 0.4) is 0 Å². The van der Waals surface area contributed by atoms with Crippen molar-refractivity contribution >= 4 is 33.5 Å². The Labute approximate surface area is 206 Å². The number of sulfonamides is 1. The lowest BCUT2D eigenvalue weighted by atomic mass is 9.91. The molecule has 1 saturated heterocycles. The van der Waals surface area contributed by atoms with Crippen molar-refractivity contribution in [3.8, 4) is 0 Å². The number of nitrogens with zero attached hydrogens (tertiary/aromatic N) is 1. The number of nitrogens with one attached hydrogen (secondary N) is 4. The number of carbonyl (C=O) groups excluding carboxylic acids is 2. The first kappa shape index (κ1) is 26.7. The maximum Gasteiger partial charge on any atom is 0.243 e. The SMILES string of the molecule is C[C@@H]1CNc2c(cccc2S(=O)(=O)N[C@@H](CCCNC(=N)N)C(=O)N2CC[C@@H](C)C[C@@H]2C(N)=O)C1. The van der Waals surface area contributed by atoms with Crippen LogP contribution >= 0.6 is 0 Å². The molecule has 1 fully saturated rings. The molecule has 0 saturated carbocycles. The molecule has 0 bridgehead atoms. The molecule has 1 aromatic rings. The van der Waals surface area contributed by atoms with Gasteiger partial charge in [0.25, 0.3) is 0 Å². The Bertz CT molecular complexity index is 1060. The lowest BCUT2D eigenvalue weighted by Gasteiger charge is -2.38. The molecular formula is C23H37N7O4S. The van der Waals surface area contributed by atoms with Gasteiger partial charge >= 0.3 is 0 Å². The second-order valence-electron chi connectivity index (χ2n) is 9.72. The highest BCUT2D eigenvalue weighted by Gasteiger charge is 2.38. The molecule has 0 aliphatic carbocycles. The molecule has 194 valence electrons. The molecule has 8 N–H and O–H groups in total. The van der Waals surface area contributed by atoms with Crippen LogP contribution < -0.4 is 26.8 Å². The number of nitrogens with two attached hydrogens (primary N) is 2.